The minimum atomic E-state index is -0.692. The second kappa shape index (κ2) is 4.70. The SMILES string of the molecule is CCC1(O)CN(C(=O)c2csc(-c3cccs3)n2)C1. The van der Waals surface area contributed by atoms with E-state index in [9.17, 15) is 9.90 Å². The highest BCUT2D eigenvalue weighted by molar-refractivity contribution is 7.20. The number of aromatic nitrogens is 1. The Kier molecular flexibility index (Phi) is 3.16. The molecule has 0 radical (unpaired) electrons. The zero-order valence-corrected chi connectivity index (χ0v) is 12.1. The van der Waals surface area contributed by atoms with E-state index in [4.69, 9.17) is 0 Å². The summed E-state index contributed by atoms with van der Waals surface area (Å²) >= 11 is 3.10. The first-order valence-corrected chi connectivity index (χ1v) is 7.88. The Morgan fingerprint density at radius 3 is 2.95 bits per heavy atom. The first-order chi connectivity index (χ1) is 9.11. The number of hydrogen-bond donors (Lipinski definition) is 1. The van der Waals surface area contributed by atoms with Crippen molar-refractivity contribution in [3.05, 3.63) is 28.6 Å². The van der Waals surface area contributed by atoms with Gasteiger partial charge < -0.3 is 10.0 Å². The molecule has 3 heterocycles. The lowest BCUT2D eigenvalue weighted by Crippen LogP contribution is -2.63. The number of β-amino-alcohol motifs (C(OH)–C–C–N with tert-alkyl or cyclic N) is 1. The molecule has 1 saturated heterocycles. The van der Waals surface area contributed by atoms with Crippen molar-refractivity contribution in [3.63, 3.8) is 0 Å². The molecule has 3 rings (SSSR count). The molecule has 1 aliphatic heterocycles. The van der Waals surface area contributed by atoms with Crippen molar-refractivity contribution in [1.29, 1.82) is 0 Å². The molecule has 0 spiro atoms. The molecule has 6 heteroatoms. The normalized spacial score (nSPS) is 17.3. The maximum atomic E-state index is 12.2. The third-order valence-electron chi connectivity index (χ3n) is 3.37. The fourth-order valence-corrected chi connectivity index (χ4v) is 3.69. The first-order valence-electron chi connectivity index (χ1n) is 6.12. The van der Waals surface area contributed by atoms with Gasteiger partial charge in [-0.3, -0.25) is 4.79 Å². The number of hydrogen-bond acceptors (Lipinski definition) is 5. The Bertz CT molecular complexity index is 586. The van der Waals surface area contributed by atoms with Gasteiger partial charge in [-0.25, -0.2) is 4.98 Å². The van der Waals surface area contributed by atoms with Crippen LogP contribution in [0.15, 0.2) is 22.9 Å². The van der Waals surface area contributed by atoms with Crippen molar-refractivity contribution in [2.45, 2.75) is 18.9 Å². The first kappa shape index (κ1) is 12.8. The van der Waals surface area contributed by atoms with Crippen molar-refractivity contribution < 1.29 is 9.90 Å². The highest BCUT2D eigenvalue weighted by Gasteiger charge is 2.42. The van der Waals surface area contributed by atoms with Crippen molar-refractivity contribution >= 4 is 28.6 Å². The van der Waals surface area contributed by atoms with Gasteiger partial charge in [-0.15, -0.1) is 22.7 Å². The molecule has 0 bridgehead atoms. The number of aliphatic hydroxyl groups is 1. The van der Waals surface area contributed by atoms with Gasteiger partial charge in [0.2, 0.25) is 0 Å². The maximum absolute atomic E-state index is 12.2. The Morgan fingerprint density at radius 1 is 1.53 bits per heavy atom. The summed E-state index contributed by atoms with van der Waals surface area (Å²) in [6.45, 7) is 2.75. The summed E-state index contributed by atoms with van der Waals surface area (Å²) in [4.78, 5) is 19.3. The highest BCUT2D eigenvalue weighted by atomic mass is 32.1. The number of carbonyl (C=O) groups excluding carboxylic acids is 1. The molecule has 0 aromatic carbocycles. The lowest BCUT2D eigenvalue weighted by atomic mass is 9.91. The molecule has 1 aliphatic rings. The molecule has 4 nitrogen and oxygen atoms in total. The van der Waals surface area contributed by atoms with Crippen molar-refractivity contribution in [2.24, 2.45) is 0 Å². The van der Waals surface area contributed by atoms with E-state index >= 15 is 0 Å². The van der Waals surface area contributed by atoms with E-state index in [1.807, 2.05) is 24.4 Å². The predicted molar refractivity (Wildman–Crippen MR) is 76.6 cm³/mol. The number of likely N-dealkylation sites (tertiary alicyclic amines) is 1. The van der Waals surface area contributed by atoms with E-state index in [1.165, 1.54) is 11.3 Å². The van der Waals surface area contributed by atoms with Crippen LogP contribution < -0.4 is 0 Å². The number of carbonyl (C=O) groups is 1. The van der Waals surface area contributed by atoms with Gasteiger partial charge in [-0.1, -0.05) is 13.0 Å². The Hall–Kier alpha value is -1.24. The van der Waals surface area contributed by atoms with Gasteiger partial charge in [0.15, 0.2) is 0 Å². The van der Waals surface area contributed by atoms with Gasteiger partial charge in [-0.2, -0.15) is 0 Å². The van der Waals surface area contributed by atoms with Crippen LogP contribution in [0.3, 0.4) is 0 Å². The Balaban J connectivity index is 1.72. The van der Waals surface area contributed by atoms with Gasteiger partial charge in [0, 0.05) is 5.38 Å². The minimum absolute atomic E-state index is 0.0859. The zero-order valence-electron chi connectivity index (χ0n) is 10.5. The molecular weight excluding hydrogens is 280 g/mol. The molecule has 2 aromatic heterocycles. The quantitative estimate of drug-likeness (QED) is 0.946. The van der Waals surface area contributed by atoms with Crippen molar-refractivity contribution in [2.75, 3.05) is 13.1 Å². The molecule has 0 unspecified atom stereocenters. The number of thiophene rings is 1. The molecule has 1 fully saturated rings. The molecular formula is C13H14N2O2S2. The second-order valence-corrected chi connectivity index (χ2v) is 6.56. The van der Waals surface area contributed by atoms with Crippen LogP contribution in [0.5, 0.6) is 0 Å². The lowest BCUT2D eigenvalue weighted by molar-refractivity contribution is -0.0827. The molecule has 19 heavy (non-hydrogen) atoms. The predicted octanol–water partition coefficient (Wildman–Crippen LogP) is 2.47. The minimum Gasteiger partial charge on any atom is -0.386 e. The fourth-order valence-electron chi connectivity index (χ4n) is 2.08. The summed E-state index contributed by atoms with van der Waals surface area (Å²) in [5.41, 5.74) is -0.214. The monoisotopic (exact) mass is 294 g/mol. The topological polar surface area (TPSA) is 53.4 Å². The second-order valence-electron chi connectivity index (χ2n) is 4.75. The average Bonchev–Trinajstić information content (AvgIpc) is 3.03. The summed E-state index contributed by atoms with van der Waals surface area (Å²) in [6, 6.07) is 3.97. The number of amides is 1. The van der Waals surface area contributed by atoms with E-state index in [-0.39, 0.29) is 5.91 Å². The molecule has 1 N–H and O–H groups in total. The average molecular weight is 294 g/mol. The molecule has 0 aliphatic carbocycles. The summed E-state index contributed by atoms with van der Waals surface area (Å²) < 4.78 is 0. The molecule has 1 amide bonds. The lowest BCUT2D eigenvalue weighted by Gasteiger charge is -2.45. The third kappa shape index (κ3) is 2.31. The Labute approximate surface area is 119 Å². The van der Waals surface area contributed by atoms with Gasteiger partial charge >= 0.3 is 0 Å². The molecule has 2 aromatic rings. The van der Waals surface area contributed by atoms with E-state index in [1.54, 1.807) is 21.6 Å². The number of thiazole rings is 1. The van der Waals surface area contributed by atoms with Crippen LogP contribution in [0.4, 0.5) is 0 Å². The largest absolute Gasteiger partial charge is 0.386 e. The summed E-state index contributed by atoms with van der Waals surface area (Å²) in [5, 5.41) is 14.6. The van der Waals surface area contributed by atoms with Gasteiger partial charge in [0.1, 0.15) is 10.7 Å². The van der Waals surface area contributed by atoms with Crippen LogP contribution in [0.25, 0.3) is 9.88 Å². The third-order valence-corrected chi connectivity index (χ3v) is 5.25. The number of nitrogens with zero attached hydrogens (tertiary/aromatic N) is 2. The van der Waals surface area contributed by atoms with E-state index in [2.05, 4.69) is 4.98 Å². The summed E-state index contributed by atoms with van der Waals surface area (Å²) in [5.74, 6) is -0.0859. The Morgan fingerprint density at radius 2 is 2.32 bits per heavy atom. The standard InChI is InChI=1S/C13H14N2O2S2/c1-2-13(17)7-15(8-13)12(16)9-6-19-11(14-9)10-4-3-5-18-10/h3-6,17H,2,7-8H2,1H3. The molecule has 0 atom stereocenters. The smallest absolute Gasteiger partial charge is 0.273 e. The highest BCUT2D eigenvalue weighted by Crippen LogP contribution is 2.30. The van der Waals surface area contributed by atoms with E-state index < -0.39 is 5.60 Å². The van der Waals surface area contributed by atoms with Crippen LogP contribution >= 0.6 is 22.7 Å². The van der Waals surface area contributed by atoms with Gasteiger partial charge in [0.05, 0.1) is 23.6 Å². The zero-order chi connectivity index (χ0) is 13.5. The van der Waals surface area contributed by atoms with Crippen LogP contribution in [0, 0.1) is 0 Å². The number of rotatable bonds is 3. The summed E-state index contributed by atoms with van der Waals surface area (Å²) in [6.07, 6.45) is 0.675. The fraction of sp³-hybridized carbons (Fsp3) is 0.385. The van der Waals surface area contributed by atoms with Gasteiger partial charge in [0.25, 0.3) is 5.91 Å². The molecule has 100 valence electrons. The maximum Gasteiger partial charge on any atom is 0.273 e. The van der Waals surface area contributed by atoms with Crippen LogP contribution in [0.1, 0.15) is 23.8 Å². The molecule has 0 saturated carbocycles. The van der Waals surface area contributed by atoms with Crippen LogP contribution in [-0.2, 0) is 0 Å². The van der Waals surface area contributed by atoms with E-state index in [0.717, 1.165) is 9.88 Å². The van der Waals surface area contributed by atoms with Gasteiger partial charge in [-0.05, 0) is 17.9 Å². The van der Waals surface area contributed by atoms with Crippen LogP contribution in [0.2, 0.25) is 0 Å². The van der Waals surface area contributed by atoms with Crippen molar-refractivity contribution in [1.82, 2.24) is 9.88 Å². The van der Waals surface area contributed by atoms with Crippen molar-refractivity contribution in [3.8, 4) is 9.88 Å². The summed E-state index contributed by atoms with van der Waals surface area (Å²) in [7, 11) is 0. The van der Waals surface area contributed by atoms with Crippen LogP contribution in [-0.4, -0.2) is 39.6 Å². The van der Waals surface area contributed by atoms with E-state index in [0.29, 0.717) is 25.2 Å².